The van der Waals surface area contributed by atoms with E-state index in [2.05, 4.69) is 67.5 Å². The second-order valence-electron chi connectivity index (χ2n) is 7.10. The van der Waals surface area contributed by atoms with Gasteiger partial charge in [-0.3, -0.25) is 0 Å². The Hall–Kier alpha value is -0.520. The van der Waals surface area contributed by atoms with Crippen LogP contribution in [0.1, 0.15) is 74.7 Å². The zero-order chi connectivity index (χ0) is 13.7. The van der Waals surface area contributed by atoms with Gasteiger partial charge in [-0.1, -0.05) is 66.5 Å². The number of hydrogen-bond acceptors (Lipinski definition) is 0. The molecule has 0 saturated heterocycles. The Morgan fingerprint density at radius 3 is 1.94 bits per heavy atom. The smallest absolute Gasteiger partial charge is 0.0127 e. The summed E-state index contributed by atoms with van der Waals surface area (Å²) < 4.78 is 0. The lowest BCUT2D eigenvalue weighted by Crippen LogP contribution is -2.13. The molecule has 0 fully saturated rings. The van der Waals surface area contributed by atoms with Crippen LogP contribution in [0.15, 0.2) is 17.2 Å². The molecule has 17 heavy (non-hydrogen) atoms. The molecule has 0 spiro atoms. The van der Waals surface area contributed by atoms with Gasteiger partial charge in [-0.05, 0) is 42.2 Å². The van der Waals surface area contributed by atoms with Gasteiger partial charge in [0.25, 0.3) is 0 Å². The number of unbranched alkanes of at least 4 members (excludes halogenated alkanes) is 2. The molecule has 0 aromatic carbocycles. The first-order valence-electron chi connectivity index (χ1n) is 6.89. The largest absolute Gasteiger partial charge is 0.0759 e. The molecule has 0 bridgehead atoms. The van der Waals surface area contributed by atoms with E-state index >= 15 is 0 Å². The Morgan fingerprint density at radius 2 is 1.59 bits per heavy atom. The first-order chi connectivity index (χ1) is 7.58. The van der Waals surface area contributed by atoms with E-state index in [0.717, 1.165) is 6.42 Å². The molecule has 99 valence electrons. The van der Waals surface area contributed by atoms with E-state index in [0.29, 0.717) is 0 Å². The van der Waals surface area contributed by atoms with Crippen LogP contribution in [-0.2, 0) is 0 Å². The molecule has 0 nitrogen and oxygen atoms in total. The summed E-state index contributed by atoms with van der Waals surface area (Å²) in [6.07, 6.45) is 9.56. The van der Waals surface area contributed by atoms with Gasteiger partial charge >= 0.3 is 0 Å². The van der Waals surface area contributed by atoms with Crippen LogP contribution >= 0.6 is 0 Å². The SMILES string of the molecule is CCCC/[C]=C(/C(C)=CC(C)(C)C)C(C)(C)C. The van der Waals surface area contributed by atoms with E-state index in [-0.39, 0.29) is 10.8 Å². The third kappa shape index (κ3) is 7.41. The van der Waals surface area contributed by atoms with E-state index in [4.69, 9.17) is 0 Å². The molecular weight excluding hydrogens is 204 g/mol. The Morgan fingerprint density at radius 1 is 1.06 bits per heavy atom. The lowest BCUT2D eigenvalue weighted by atomic mass is 9.79. The minimum Gasteiger partial charge on any atom is -0.0759 e. The fourth-order valence-electron chi connectivity index (χ4n) is 2.11. The molecule has 0 heterocycles. The molecule has 0 saturated carbocycles. The molecule has 0 unspecified atom stereocenters. The predicted molar refractivity (Wildman–Crippen MR) is 78.9 cm³/mol. The summed E-state index contributed by atoms with van der Waals surface area (Å²) in [6, 6.07) is 0. The summed E-state index contributed by atoms with van der Waals surface area (Å²) in [5.41, 5.74) is 3.22. The third-order valence-electron chi connectivity index (χ3n) is 2.63. The monoisotopic (exact) mass is 235 g/mol. The van der Waals surface area contributed by atoms with Crippen LogP contribution < -0.4 is 0 Å². The van der Waals surface area contributed by atoms with Crippen molar-refractivity contribution in [3.8, 4) is 0 Å². The van der Waals surface area contributed by atoms with Gasteiger partial charge in [-0.15, -0.1) is 0 Å². The molecule has 0 amide bonds. The normalized spacial score (nSPS) is 15.3. The second kappa shape index (κ2) is 6.42. The summed E-state index contributed by atoms with van der Waals surface area (Å²) in [4.78, 5) is 0. The Balaban J connectivity index is 5.08. The van der Waals surface area contributed by atoms with Crippen molar-refractivity contribution in [1.29, 1.82) is 0 Å². The number of hydrogen-bond donors (Lipinski definition) is 0. The highest BCUT2D eigenvalue weighted by molar-refractivity contribution is 5.32. The maximum Gasteiger partial charge on any atom is -0.0127 e. The van der Waals surface area contributed by atoms with Crippen LogP contribution in [-0.4, -0.2) is 0 Å². The summed E-state index contributed by atoms with van der Waals surface area (Å²) in [5, 5.41) is 0. The van der Waals surface area contributed by atoms with Crippen molar-refractivity contribution < 1.29 is 0 Å². The first-order valence-corrected chi connectivity index (χ1v) is 6.89. The minimum atomic E-state index is 0.194. The van der Waals surface area contributed by atoms with Gasteiger partial charge in [0.1, 0.15) is 0 Å². The van der Waals surface area contributed by atoms with Crippen molar-refractivity contribution in [2.75, 3.05) is 0 Å². The Labute approximate surface area is 109 Å². The quantitative estimate of drug-likeness (QED) is 0.417. The maximum atomic E-state index is 3.63. The Kier molecular flexibility index (Phi) is 6.23. The zero-order valence-corrected chi connectivity index (χ0v) is 13.2. The first kappa shape index (κ1) is 16.5. The molecule has 0 atom stereocenters. The highest BCUT2D eigenvalue weighted by atomic mass is 14.2. The van der Waals surface area contributed by atoms with Crippen molar-refractivity contribution in [2.24, 2.45) is 10.8 Å². The maximum absolute atomic E-state index is 3.63. The lowest BCUT2D eigenvalue weighted by molar-refractivity contribution is 0.495. The van der Waals surface area contributed by atoms with E-state index in [1.165, 1.54) is 24.0 Å². The molecule has 0 aromatic rings. The number of rotatable bonds is 4. The van der Waals surface area contributed by atoms with Crippen molar-refractivity contribution in [3.05, 3.63) is 23.3 Å². The van der Waals surface area contributed by atoms with Gasteiger partial charge in [0, 0.05) is 0 Å². The number of allylic oxidation sites excluding steroid dienone is 4. The minimum absolute atomic E-state index is 0.194. The van der Waals surface area contributed by atoms with Crippen LogP contribution in [0.2, 0.25) is 0 Å². The van der Waals surface area contributed by atoms with Crippen molar-refractivity contribution in [1.82, 2.24) is 0 Å². The third-order valence-corrected chi connectivity index (χ3v) is 2.63. The summed E-state index contributed by atoms with van der Waals surface area (Å²) >= 11 is 0. The van der Waals surface area contributed by atoms with E-state index < -0.39 is 0 Å². The van der Waals surface area contributed by atoms with E-state index in [1.54, 1.807) is 0 Å². The molecule has 0 aliphatic rings. The standard InChI is InChI=1S/C17H31/c1-9-10-11-12-15(17(6,7)8)14(2)13-16(3,4)5/h13H,9-11H2,1-8H3. The van der Waals surface area contributed by atoms with Gasteiger partial charge in [0.05, 0.1) is 0 Å². The van der Waals surface area contributed by atoms with Gasteiger partial charge in [-0.25, -0.2) is 0 Å². The van der Waals surface area contributed by atoms with E-state index in [1.807, 2.05) is 0 Å². The van der Waals surface area contributed by atoms with Crippen LogP contribution in [0.4, 0.5) is 0 Å². The summed E-state index contributed by atoms with van der Waals surface area (Å²) in [5.74, 6) is 0. The predicted octanol–water partition coefficient (Wildman–Crippen LogP) is 5.94. The molecule has 0 heteroatoms. The van der Waals surface area contributed by atoms with Crippen LogP contribution in [0.5, 0.6) is 0 Å². The molecular formula is C17H31. The van der Waals surface area contributed by atoms with Crippen molar-refractivity contribution in [3.63, 3.8) is 0 Å². The molecule has 0 rings (SSSR count). The molecule has 0 aliphatic heterocycles. The molecule has 1 radical (unpaired) electrons. The topological polar surface area (TPSA) is 0 Å². The Bertz CT molecular complexity index is 276. The fraction of sp³-hybridized carbons (Fsp3) is 0.765. The second-order valence-corrected chi connectivity index (χ2v) is 7.10. The van der Waals surface area contributed by atoms with Gasteiger partial charge in [-0.2, -0.15) is 0 Å². The average Bonchev–Trinajstić information content (AvgIpc) is 2.06. The van der Waals surface area contributed by atoms with Gasteiger partial charge in [0.2, 0.25) is 0 Å². The molecule has 0 aromatic heterocycles. The zero-order valence-electron chi connectivity index (χ0n) is 13.2. The highest BCUT2D eigenvalue weighted by Crippen LogP contribution is 2.33. The van der Waals surface area contributed by atoms with Gasteiger partial charge < -0.3 is 0 Å². The fourth-order valence-corrected chi connectivity index (χ4v) is 2.11. The van der Waals surface area contributed by atoms with Gasteiger partial charge in [0.15, 0.2) is 0 Å². The molecule has 0 N–H and O–H groups in total. The summed E-state index contributed by atoms with van der Waals surface area (Å²) in [7, 11) is 0. The van der Waals surface area contributed by atoms with E-state index in [9.17, 15) is 0 Å². The van der Waals surface area contributed by atoms with Crippen molar-refractivity contribution in [2.45, 2.75) is 74.7 Å². The molecule has 0 aliphatic carbocycles. The van der Waals surface area contributed by atoms with Crippen molar-refractivity contribution >= 4 is 0 Å². The lowest BCUT2D eigenvalue weighted by Gasteiger charge is -2.26. The van der Waals surface area contributed by atoms with Crippen LogP contribution in [0.25, 0.3) is 0 Å². The summed E-state index contributed by atoms with van der Waals surface area (Å²) in [6.45, 7) is 18.1. The van der Waals surface area contributed by atoms with Crippen LogP contribution in [0, 0.1) is 16.9 Å². The van der Waals surface area contributed by atoms with Crippen LogP contribution in [0.3, 0.4) is 0 Å². The highest BCUT2D eigenvalue weighted by Gasteiger charge is 2.19. The average molecular weight is 235 g/mol.